The van der Waals surface area contributed by atoms with Crippen molar-refractivity contribution in [2.75, 3.05) is 33.4 Å². The number of nitrogens with one attached hydrogen (secondary N) is 2. The third kappa shape index (κ3) is 3.44. The number of amides is 2. The zero-order chi connectivity index (χ0) is 12.0. The Hall–Kier alpha value is -1.18. The summed E-state index contributed by atoms with van der Waals surface area (Å²) < 4.78 is 4.97. The molecular weight excluding hydrogens is 212 g/mol. The summed E-state index contributed by atoms with van der Waals surface area (Å²) in [5.41, 5.74) is 2.09. The third-order valence-corrected chi connectivity index (χ3v) is 2.50. The zero-order valence-corrected chi connectivity index (χ0v) is 9.36. The number of methoxy groups -OCH3 is 1. The van der Waals surface area contributed by atoms with E-state index in [0.717, 1.165) is 6.42 Å². The third-order valence-electron chi connectivity index (χ3n) is 2.50. The maximum atomic E-state index is 11.5. The van der Waals surface area contributed by atoms with Gasteiger partial charge in [-0.05, 0) is 6.42 Å². The molecule has 1 saturated heterocycles. The smallest absolute Gasteiger partial charge is 0.253 e. The average molecular weight is 230 g/mol. The van der Waals surface area contributed by atoms with Gasteiger partial charge >= 0.3 is 0 Å². The van der Waals surface area contributed by atoms with E-state index < -0.39 is 6.04 Å². The van der Waals surface area contributed by atoms with E-state index in [0.29, 0.717) is 13.1 Å². The minimum atomic E-state index is -0.515. The lowest BCUT2D eigenvalue weighted by molar-refractivity contribution is -0.130. The average Bonchev–Trinajstić information content (AvgIpc) is 2.49. The number of rotatable bonds is 4. The van der Waals surface area contributed by atoms with Crippen LogP contribution in [0.3, 0.4) is 0 Å². The molecule has 1 fully saturated rings. The Morgan fingerprint density at radius 2 is 2.50 bits per heavy atom. The summed E-state index contributed by atoms with van der Waals surface area (Å²) in [5, 5.41) is 2.74. The van der Waals surface area contributed by atoms with Crippen molar-refractivity contribution in [3.63, 3.8) is 0 Å². The summed E-state index contributed by atoms with van der Waals surface area (Å²) in [6.07, 6.45) is 0.809. The van der Waals surface area contributed by atoms with Crippen LogP contribution in [0.15, 0.2) is 0 Å². The van der Waals surface area contributed by atoms with Gasteiger partial charge in [0.1, 0.15) is 6.04 Å². The highest BCUT2D eigenvalue weighted by atomic mass is 16.5. The molecule has 0 aliphatic carbocycles. The molecule has 2 amide bonds. The normalized spacial score (nSPS) is 19.8. The number of nitrogens with two attached hydrogens (primary N) is 1. The van der Waals surface area contributed by atoms with Crippen LogP contribution in [0.5, 0.6) is 0 Å². The summed E-state index contributed by atoms with van der Waals surface area (Å²) in [6.45, 7) is 1.72. The molecule has 1 aliphatic rings. The highest BCUT2D eigenvalue weighted by Crippen LogP contribution is 2.04. The molecule has 1 heterocycles. The van der Waals surface area contributed by atoms with E-state index in [9.17, 15) is 9.59 Å². The molecule has 1 aliphatic heterocycles. The first-order chi connectivity index (χ1) is 7.69. The van der Waals surface area contributed by atoms with Gasteiger partial charge in [0.15, 0.2) is 0 Å². The van der Waals surface area contributed by atoms with E-state index >= 15 is 0 Å². The summed E-state index contributed by atoms with van der Waals surface area (Å²) in [4.78, 5) is 24.7. The molecule has 0 radical (unpaired) electrons. The fourth-order valence-electron chi connectivity index (χ4n) is 1.70. The highest BCUT2D eigenvalue weighted by Gasteiger charge is 2.28. The van der Waals surface area contributed by atoms with Crippen LogP contribution in [-0.2, 0) is 14.3 Å². The number of carbonyl (C=O) groups is 2. The van der Waals surface area contributed by atoms with E-state index in [1.165, 1.54) is 7.11 Å². The number of hydrazine groups is 1. The maximum Gasteiger partial charge on any atom is 0.253 e. The molecule has 92 valence electrons. The van der Waals surface area contributed by atoms with Gasteiger partial charge in [0.25, 0.3) is 5.91 Å². The summed E-state index contributed by atoms with van der Waals surface area (Å²) in [5.74, 6) is 4.68. The van der Waals surface area contributed by atoms with E-state index in [1.807, 2.05) is 0 Å². The van der Waals surface area contributed by atoms with Crippen LogP contribution in [0.1, 0.15) is 6.42 Å². The van der Waals surface area contributed by atoms with E-state index in [4.69, 9.17) is 10.6 Å². The maximum absolute atomic E-state index is 11.5. The van der Waals surface area contributed by atoms with Crippen molar-refractivity contribution in [3.05, 3.63) is 0 Å². The van der Waals surface area contributed by atoms with Gasteiger partial charge in [-0.15, -0.1) is 0 Å². The van der Waals surface area contributed by atoms with E-state index in [-0.39, 0.29) is 25.0 Å². The Morgan fingerprint density at radius 1 is 1.75 bits per heavy atom. The monoisotopic (exact) mass is 230 g/mol. The number of nitrogens with zero attached hydrogens (tertiary/aromatic N) is 1. The first-order valence-electron chi connectivity index (χ1n) is 5.19. The largest absolute Gasteiger partial charge is 0.383 e. The SMILES string of the molecule is COCC(C(=O)NN)N1CCCNC(=O)C1. The highest BCUT2D eigenvalue weighted by molar-refractivity contribution is 5.83. The van der Waals surface area contributed by atoms with E-state index in [1.54, 1.807) is 4.90 Å². The van der Waals surface area contributed by atoms with Gasteiger partial charge in [-0.2, -0.15) is 0 Å². The predicted molar refractivity (Wildman–Crippen MR) is 57.2 cm³/mol. The van der Waals surface area contributed by atoms with Crippen molar-refractivity contribution >= 4 is 11.8 Å². The molecule has 1 rings (SSSR count). The van der Waals surface area contributed by atoms with Gasteiger partial charge < -0.3 is 10.1 Å². The zero-order valence-electron chi connectivity index (χ0n) is 9.36. The number of ether oxygens (including phenoxy) is 1. The van der Waals surface area contributed by atoms with Crippen LogP contribution in [0.25, 0.3) is 0 Å². The standard InChI is InChI=1S/C9H18N4O3/c1-16-6-7(9(15)12-10)13-4-2-3-11-8(14)5-13/h7H,2-6,10H2,1H3,(H,11,14)(H,12,15). The first-order valence-corrected chi connectivity index (χ1v) is 5.19. The van der Waals surface area contributed by atoms with Crippen LogP contribution in [0.4, 0.5) is 0 Å². The van der Waals surface area contributed by atoms with Crippen LogP contribution >= 0.6 is 0 Å². The van der Waals surface area contributed by atoms with Crippen LogP contribution < -0.4 is 16.6 Å². The predicted octanol–water partition coefficient (Wildman–Crippen LogP) is -2.19. The quantitative estimate of drug-likeness (QED) is 0.290. The second-order valence-corrected chi connectivity index (χ2v) is 3.65. The molecule has 0 saturated carbocycles. The second-order valence-electron chi connectivity index (χ2n) is 3.65. The molecule has 0 bridgehead atoms. The summed E-state index contributed by atoms with van der Waals surface area (Å²) >= 11 is 0. The van der Waals surface area contributed by atoms with Crippen molar-refractivity contribution in [3.8, 4) is 0 Å². The first kappa shape index (κ1) is 12.9. The molecule has 7 nitrogen and oxygen atoms in total. The molecular formula is C9H18N4O3. The molecule has 4 N–H and O–H groups in total. The number of hydrogen-bond acceptors (Lipinski definition) is 5. The Balaban J connectivity index is 2.67. The van der Waals surface area contributed by atoms with Gasteiger partial charge in [0.2, 0.25) is 5.91 Å². The van der Waals surface area contributed by atoms with E-state index in [2.05, 4.69) is 10.7 Å². The van der Waals surface area contributed by atoms with Crippen molar-refractivity contribution in [2.45, 2.75) is 12.5 Å². The molecule has 1 atom stereocenters. The molecule has 0 aromatic rings. The summed E-state index contributed by atoms with van der Waals surface area (Å²) in [7, 11) is 1.51. The number of hydrogen-bond donors (Lipinski definition) is 3. The molecule has 0 spiro atoms. The lowest BCUT2D eigenvalue weighted by atomic mass is 10.2. The van der Waals surface area contributed by atoms with Crippen molar-refractivity contribution in [1.29, 1.82) is 0 Å². The molecule has 0 aromatic heterocycles. The fourth-order valence-corrected chi connectivity index (χ4v) is 1.70. The van der Waals surface area contributed by atoms with Gasteiger partial charge in [0, 0.05) is 20.2 Å². The lowest BCUT2D eigenvalue weighted by Crippen LogP contribution is -2.52. The molecule has 0 aromatic carbocycles. The minimum Gasteiger partial charge on any atom is -0.383 e. The molecule has 1 unspecified atom stereocenters. The fraction of sp³-hybridized carbons (Fsp3) is 0.778. The number of carbonyl (C=O) groups excluding carboxylic acids is 2. The van der Waals surface area contributed by atoms with Gasteiger partial charge in [0.05, 0.1) is 13.2 Å². The Kier molecular flexibility index (Phi) is 5.17. The summed E-state index contributed by atoms with van der Waals surface area (Å²) in [6, 6.07) is -0.515. The van der Waals surface area contributed by atoms with Crippen molar-refractivity contribution in [1.82, 2.24) is 15.6 Å². The Bertz CT molecular complexity index is 259. The Labute approximate surface area is 94.3 Å². The van der Waals surface area contributed by atoms with Crippen LogP contribution in [-0.4, -0.2) is 56.1 Å². The van der Waals surface area contributed by atoms with Crippen molar-refractivity contribution < 1.29 is 14.3 Å². The van der Waals surface area contributed by atoms with Crippen LogP contribution in [0.2, 0.25) is 0 Å². The van der Waals surface area contributed by atoms with Gasteiger partial charge in [-0.25, -0.2) is 5.84 Å². The second kappa shape index (κ2) is 6.41. The molecule has 16 heavy (non-hydrogen) atoms. The Morgan fingerprint density at radius 3 is 3.12 bits per heavy atom. The minimum absolute atomic E-state index is 0.0802. The van der Waals surface area contributed by atoms with Gasteiger partial charge in [-0.1, -0.05) is 0 Å². The van der Waals surface area contributed by atoms with Gasteiger partial charge in [-0.3, -0.25) is 19.9 Å². The van der Waals surface area contributed by atoms with Crippen molar-refractivity contribution in [2.24, 2.45) is 5.84 Å². The lowest BCUT2D eigenvalue weighted by Gasteiger charge is -2.27. The van der Waals surface area contributed by atoms with Crippen LogP contribution in [0, 0.1) is 0 Å². The molecule has 7 heteroatoms. The topological polar surface area (TPSA) is 96.7 Å².